The van der Waals surface area contributed by atoms with E-state index in [0.29, 0.717) is 14.2 Å². The van der Waals surface area contributed by atoms with Crippen LogP contribution in [0.3, 0.4) is 0 Å². The summed E-state index contributed by atoms with van der Waals surface area (Å²) < 4.78 is 0.498. The molecule has 1 atom stereocenters. The summed E-state index contributed by atoms with van der Waals surface area (Å²) in [4.78, 5) is 5.03. The van der Waals surface area contributed by atoms with E-state index in [0.717, 1.165) is 24.3 Å². The van der Waals surface area contributed by atoms with Gasteiger partial charge in [0.15, 0.2) is 0 Å². The molecule has 2 aromatic rings. The van der Waals surface area contributed by atoms with Crippen LogP contribution >= 0.6 is 22.6 Å². The maximum absolute atomic E-state index is 11.8. The highest BCUT2D eigenvalue weighted by atomic mass is 127. The SMILES string of the molecule is CCCC1Cc2cc3nc(I)n[n+]([O-])c3cc2C1. The number of halogens is 1. The van der Waals surface area contributed by atoms with Crippen molar-refractivity contribution in [3.63, 3.8) is 0 Å². The Kier molecular flexibility index (Phi) is 3.09. The van der Waals surface area contributed by atoms with E-state index in [1.54, 1.807) is 0 Å². The Balaban J connectivity index is 2.08. The van der Waals surface area contributed by atoms with E-state index in [1.807, 2.05) is 28.7 Å². The Morgan fingerprint density at radius 3 is 2.83 bits per heavy atom. The lowest BCUT2D eigenvalue weighted by Gasteiger charge is -2.04. The average Bonchev–Trinajstić information content (AvgIpc) is 2.68. The van der Waals surface area contributed by atoms with Crippen LogP contribution in [0.5, 0.6) is 0 Å². The molecule has 1 aromatic carbocycles. The number of fused-ring (bicyclic) bond motifs is 2. The summed E-state index contributed by atoms with van der Waals surface area (Å²) in [6.07, 6.45) is 4.69. The molecule has 1 aliphatic rings. The molecule has 1 aromatic heterocycles. The quantitative estimate of drug-likeness (QED) is 0.472. The standard InChI is InChI=1S/C13H14IN3O/c1-2-3-8-4-9-6-11-12(7-10(9)5-8)17(18)16-13(14)15-11/h6-8H,2-5H2,1H3. The van der Waals surface area contributed by atoms with E-state index in [4.69, 9.17) is 0 Å². The topological polar surface area (TPSA) is 52.7 Å². The minimum Gasteiger partial charge on any atom is -0.594 e. The van der Waals surface area contributed by atoms with Crippen LogP contribution < -0.4 is 4.85 Å². The van der Waals surface area contributed by atoms with Gasteiger partial charge in [-0.2, -0.15) is 0 Å². The molecule has 18 heavy (non-hydrogen) atoms. The van der Waals surface area contributed by atoms with Crippen LogP contribution in [0.2, 0.25) is 0 Å². The largest absolute Gasteiger partial charge is 0.594 e. The maximum atomic E-state index is 11.8. The summed E-state index contributed by atoms with van der Waals surface area (Å²) in [6.45, 7) is 2.22. The zero-order valence-electron chi connectivity index (χ0n) is 10.2. The number of rotatable bonds is 2. The predicted octanol–water partition coefficient (Wildman–Crippen LogP) is 2.38. The second-order valence-corrected chi connectivity index (χ2v) is 5.89. The minimum absolute atomic E-state index is 0.498. The highest BCUT2D eigenvalue weighted by Gasteiger charge is 2.23. The first kappa shape index (κ1) is 12.1. The molecule has 0 radical (unpaired) electrons. The fourth-order valence-electron chi connectivity index (χ4n) is 2.84. The molecule has 4 nitrogen and oxygen atoms in total. The third kappa shape index (κ3) is 2.04. The van der Waals surface area contributed by atoms with E-state index < -0.39 is 0 Å². The van der Waals surface area contributed by atoms with Crippen LogP contribution in [0.25, 0.3) is 11.0 Å². The van der Waals surface area contributed by atoms with Gasteiger partial charge in [0.25, 0.3) is 9.35 Å². The highest BCUT2D eigenvalue weighted by Crippen LogP contribution is 2.31. The lowest BCUT2D eigenvalue weighted by atomic mass is 10.0. The first-order valence-electron chi connectivity index (χ1n) is 6.26. The molecule has 0 spiro atoms. The summed E-state index contributed by atoms with van der Waals surface area (Å²) in [5.41, 5.74) is 4.01. The average molecular weight is 355 g/mol. The van der Waals surface area contributed by atoms with Gasteiger partial charge < -0.3 is 5.21 Å². The second-order valence-electron chi connectivity index (χ2n) is 4.93. The number of hydrogen-bond acceptors (Lipinski definition) is 3. The normalized spacial score (nSPS) is 18.2. The molecule has 3 rings (SSSR count). The van der Waals surface area contributed by atoms with Crippen molar-refractivity contribution in [2.75, 3.05) is 0 Å². The summed E-state index contributed by atoms with van der Waals surface area (Å²) in [6, 6.07) is 4.04. The number of benzene rings is 1. The predicted molar refractivity (Wildman–Crippen MR) is 77.0 cm³/mol. The molecule has 5 heteroatoms. The van der Waals surface area contributed by atoms with Gasteiger partial charge >= 0.3 is 0 Å². The van der Waals surface area contributed by atoms with Gasteiger partial charge in [-0.3, -0.25) is 0 Å². The fraction of sp³-hybridized carbons (Fsp3) is 0.462. The summed E-state index contributed by atoms with van der Waals surface area (Å²) in [5, 5.41) is 15.6. The zero-order chi connectivity index (χ0) is 12.7. The molecular formula is C13H14IN3O. The molecular weight excluding hydrogens is 341 g/mol. The Morgan fingerprint density at radius 2 is 2.11 bits per heavy atom. The molecule has 1 heterocycles. The van der Waals surface area contributed by atoms with Crippen LogP contribution in [0.4, 0.5) is 0 Å². The van der Waals surface area contributed by atoms with Gasteiger partial charge in [0.1, 0.15) is 5.52 Å². The molecule has 0 amide bonds. The van der Waals surface area contributed by atoms with E-state index in [9.17, 15) is 5.21 Å². The van der Waals surface area contributed by atoms with Crippen LogP contribution in [0, 0.1) is 15.0 Å². The van der Waals surface area contributed by atoms with Crippen LogP contribution in [0.15, 0.2) is 12.1 Å². The Hall–Kier alpha value is -0.980. The van der Waals surface area contributed by atoms with E-state index in [2.05, 4.69) is 23.1 Å². The summed E-state index contributed by atoms with van der Waals surface area (Å²) in [5.74, 6) is 0.731. The fourth-order valence-corrected chi connectivity index (χ4v) is 3.30. The number of hydrogen-bond donors (Lipinski definition) is 0. The van der Waals surface area contributed by atoms with E-state index in [1.165, 1.54) is 24.0 Å². The molecule has 0 fully saturated rings. The summed E-state index contributed by atoms with van der Waals surface area (Å²) >= 11 is 1.98. The molecule has 1 unspecified atom stereocenters. The van der Waals surface area contributed by atoms with Crippen molar-refractivity contribution >= 4 is 33.6 Å². The lowest BCUT2D eigenvalue weighted by Crippen LogP contribution is -2.33. The highest BCUT2D eigenvalue weighted by molar-refractivity contribution is 14.1. The van der Waals surface area contributed by atoms with Crippen LogP contribution in [-0.4, -0.2) is 10.1 Å². The van der Waals surface area contributed by atoms with Crippen molar-refractivity contribution in [3.05, 3.63) is 32.3 Å². The third-order valence-corrected chi connectivity index (χ3v) is 4.06. The van der Waals surface area contributed by atoms with Crippen molar-refractivity contribution < 1.29 is 4.85 Å². The van der Waals surface area contributed by atoms with Crippen molar-refractivity contribution in [2.24, 2.45) is 5.92 Å². The maximum Gasteiger partial charge on any atom is 0.270 e. The van der Waals surface area contributed by atoms with Gasteiger partial charge in [-0.25, -0.2) is 4.98 Å². The van der Waals surface area contributed by atoms with Gasteiger partial charge in [-0.1, -0.05) is 19.8 Å². The molecule has 0 saturated carbocycles. The van der Waals surface area contributed by atoms with Crippen molar-refractivity contribution in [1.82, 2.24) is 10.1 Å². The second kappa shape index (κ2) is 4.60. The van der Waals surface area contributed by atoms with Crippen molar-refractivity contribution in [1.29, 1.82) is 0 Å². The smallest absolute Gasteiger partial charge is 0.270 e. The first-order chi connectivity index (χ1) is 8.67. The molecule has 0 N–H and O–H groups in total. The Labute approximate surface area is 119 Å². The number of aromatic nitrogens is 3. The number of nitrogens with zero attached hydrogens (tertiary/aromatic N) is 3. The van der Waals surface area contributed by atoms with Gasteiger partial charge in [-0.05, 0) is 40.8 Å². The van der Waals surface area contributed by atoms with Gasteiger partial charge in [0, 0.05) is 33.8 Å². The van der Waals surface area contributed by atoms with Gasteiger partial charge in [-0.15, -0.1) is 0 Å². The molecule has 94 valence electrons. The van der Waals surface area contributed by atoms with Crippen LogP contribution in [-0.2, 0) is 12.8 Å². The van der Waals surface area contributed by atoms with E-state index in [-0.39, 0.29) is 0 Å². The molecule has 0 aliphatic heterocycles. The summed E-state index contributed by atoms with van der Waals surface area (Å²) in [7, 11) is 0. The van der Waals surface area contributed by atoms with Gasteiger partial charge in [0.05, 0.1) is 0 Å². The lowest BCUT2D eigenvalue weighted by molar-refractivity contribution is -0.644. The van der Waals surface area contributed by atoms with Crippen molar-refractivity contribution in [3.8, 4) is 0 Å². The molecule has 0 bridgehead atoms. The monoisotopic (exact) mass is 355 g/mol. The van der Waals surface area contributed by atoms with E-state index >= 15 is 0 Å². The Morgan fingerprint density at radius 1 is 1.39 bits per heavy atom. The van der Waals surface area contributed by atoms with Gasteiger partial charge in [0.2, 0.25) is 0 Å². The Bertz CT molecular complexity index is 615. The third-order valence-electron chi connectivity index (χ3n) is 3.60. The molecule has 1 aliphatic carbocycles. The molecule has 0 saturated heterocycles. The zero-order valence-corrected chi connectivity index (χ0v) is 12.3. The minimum atomic E-state index is 0.498. The van der Waals surface area contributed by atoms with Crippen LogP contribution in [0.1, 0.15) is 30.9 Å². The van der Waals surface area contributed by atoms with Crippen molar-refractivity contribution in [2.45, 2.75) is 32.6 Å². The first-order valence-corrected chi connectivity index (χ1v) is 7.34.